The van der Waals surface area contributed by atoms with E-state index in [0.717, 1.165) is 59.0 Å². The lowest BCUT2D eigenvalue weighted by atomic mass is 10.1. The Hall–Kier alpha value is -2.29. The number of nitrogens with two attached hydrogens (primary N) is 2. The predicted molar refractivity (Wildman–Crippen MR) is 129 cm³/mol. The van der Waals surface area contributed by atoms with Gasteiger partial charge in [0.25, 0.3) is 0 Å². The van der Waals surface area contributed by atoms with Crippen LogP contribution < -0.4 is 16.8 Å². The Labute approximate surface area is 180 Å². The number of benzene rings is 2. The lowest BCUT2D eigenvalue weighted by Crippen LogP contribution is -2.06. The van der Waals surface area contributed by atoms with Gasteiger partial charge in [-0.2, -0.15) is 0 Å². The number of nitrogen functional groups attached to an aromatic ring is 1. The van der Waals surface area contributed by atoms with Gasteiger partial charge in [0.05, 0.1) is 15.9 Å². The number of anilines is 2. The van der Waals surface area contributed by atoms with E-state index in [4.69, 9.17) is 16.6 Å². The van der Waals surface area contributed by atoms with E-state index in [9.17, 15) is 0 Å². The number of aromatic nitrogens is 1. The molecule has 0 spiro atoms. The summed E-state index contributed by atoms with van der Waals surface area (Å²) >= 11 is 3.25. The summed E-state index contributed by atoms with van der Waals surface area (Å²) in [5.74, 6) is 1.02. The SMILES string of the molecule is CCCCSC(N)=Nc1ccc(CCNc2nc3ccc(N)cc3s2)cc1.CO. The number of hydrogen-bond donors (Lipinski definition) is 4. The molecule has 2 aromatic carbocycles. The topological polar surface area (TPSA) is 110 Å². The van der Waals surface area contributed by atoms with Gasteiger partial charge >= 0.3 is 0 Å². The number of thiazole rings is 1. The van der Waals surface area contributed by atoms with Gasteiger partial charge in [0.15, 0.2) is 10.3 Å². The maximum Gasteiger partial charge on any atom is 0.183 e. The number of nitrogens with one attached hydrogen (secondary N) is 1. The van der Waals surface area contributed by atoms with Crippen LogP contribution >= 0.6 is 23.1 Å². The summed E-state index contributed by atoms with van der Waals surface area (Å²) in [5, 5.41) is 12.0. The fourth-order valence-electron chi connectivity index (χ4n) is 2.55. The third-order valence-corrected chi connectivity index (χ3v) is 5.88. The number of aliphatic imine (C=N–C) groups is 1. The molecule has 1 heterocycles. The molecule has 3 aromatic rings. The summed E-state index contributed by atoms with van der Waals surface area (Å²) in [6, 6.07) is 14.0. The van der Waals surface area contributed by atoms with Crippen molar-refractivity contribution in [2.75, 3.05) is 30.5 Å². The Balaban J connectivity index is 0.00000145. The van der Waals surface area contributed by atoms with E-state index < -0.39 is 0 Å². The van der Waals surface area contributed by atoms with Crippen LogP contribution in [0.5, 0.6) is 0 Å². The molecule has 0 unspecified atom stereocenters. The molecule has 6 N–H and O–H groups in total. The van der Waals surface area contributed by atoms with Crippen molar-refractivity contribution in [1.82, 2.24) is 4.98 Å². The Morgan fingerprint density at radius 2 is 1.97 bits per heavy atom. The third kappa shape index (κ3) is 7.56. The number of hydrogen-bond acceptors (Lipinski definition) is 7. The van der Waals surface area contributed by atoms with Gasteiger partial charge in [-0.15, -0.1) is 0 Å². The molecule has 1 aromatic heterocycles. The molecule has 0 amide bonds. The molecule has 29 heavy (non-hydrogen) atoms. The maximum absolute atomic E-state index is 7.00. The molecule has 0 bridgehead atoms. The first-order valence-electron chi connectivity index (χ1n) is 9.54. The van der Waals surface area contributed by atoms with E-state index >= 15 is 0 Å². The van der Waals surface area contributed by atoms with Crippen LogP contribution in [0.15, 0.2) is 47.5 Å². The zero-order valence-electron chi connectivity index (χ0n) is 16.9. The summed E-state index contributed by atoms with van der Waals surface area (Å²) in [5.41, 5.74) is 15.7. The van der Waals surface area contributed by atoms with Crippen molar-refractivity contribution < 1.29 is 5.11 Å². The van der Waals surface area contributed by atoms with Gasteiger partial charge in [-0.3, -0.25) is 0 Å². The second kappa shape index (κ2) is 12.3. The van der Waals surface area contributed by atoms with Gasteiger partial charge in [-0.05, 0) is 48.7 Å². The van der Waals surface area contributed by atoms with Crippen LogP contribution in [-0.2, 0) is 6.42 Å². The standard InChI is InChI=1S/C20H25N5S2.CH4O/c1-2-3-12-26-19(22)24-16-7-4-14(5-8-16)10-11-23-20-25-17-9-6-15(21)13-18(17)27-20;1-2/h4-9,13H,2-3,10-12,21H2,1H3,(H2,22,24)(H,23,25);2H,1H3. The molecule has 156 valence electrons. The van der Waals surface area contributed by atoms with Gasteiger partial charge in [-0.1, -0.05) is 48.6 Å². The van der Waals surface area contributed by atoms with Crippen LogP contribution in [0, 0.1) is 0 Å². The fourth-order valence-corrected chi connectivity index (χ4v) is 4.30. The summed E-state index contributed by atoms with van der Waals surface area (Å²) in [6.45, 7) is 3.00. The molecule has 3 rings (SSSR count). The number of unbranched alkanes of at least 4 members (excludes halogenated alkanes) is 1. The molecule has 0 aliphatic heterocycles. The normalized spacial score (nSPS) is 11.2. The average molecular weight is 432 g/mol. The second-order valence-electron chi connectivity index (χ2n) is 6.24. The van der Waals surface area contributed by atoms with Crippen LogP contribution in [-0.4, -0.2) is 34.7 Å². The highest BCUT2D eigenvalue weighted by molar-refractivity contribution is 8.13. The lowest BCUT2D eigenvalue weighted by molar-refractivity contribution is 0.399. The molecule has 0 aliphatic rings. The highest BCUT2D eigenvalue weighted by Gasteiger charge is 2.04. The zero-order valence-corrected chi connectivity index (χ0v) is 18.5. The first kappa shape index (κ1) is 23.0. The second-order valence-corrected chi connectivity index (χ2v) is 8.39. The molecule has 0 fully saturated rings. The minimum atomic E-state index is 0.634. The van der Waals surface area contributed by atoms with Crippen LogP contribution in [0.1, 0.15) is 25.3 Å². The van der Waals surface area contributed by atoms with E-state index in [2.05, 4.69) is 34.3 Å². The van der Waals surface area contributed by atoms with Crippen molar-refractivity contribution in [3.63, 3.8) is 0 Å². The summed E-state index contributed by atoms with van der Waals surface area (Å²) in [7, 11) is 1.00. The van der Waals surface area contributed by atoms with Gasteiger partial charge < -0.3 is 21.9 Å². The third-order valence-electron chi connectivity index (χ3n) is 4.03. The van der Waals surface area contributed by atoms with Crippen molar-refractivity contribution in [3.05, 3.63) is 48.0 Å². The zero-order chi connectivity index (χ0) is 21.1. The maximum atomic E-state index is 7.00. The molecule has 0 aliphatic carbocycles. The van der Waals surface area contributed by atoms with Gasteiger partial charge in [0, 0.05) is 25.1 Å². The van der Waals surface area contributed by atoms with Crippen LogP contribution in [0.2, 0.25) is 0 Å². The molecular weight excluding hydrogens is 402 g/mol. The van der Waals surface area contributed by atoms with Crippen molar-refractivity contribution in [3.8, 4) is 0 Å². The van der Waals surface area contributed by atoms with Crippen molar-refractivity contribution in [2.24, 2.45) is 10.7 Å². The molecule has 0 saturated carbocycles. The van der Waals surface area contributed by atoms with Gasteiger partial charge in [0.1, 0.15) is 0 Å². The van der Waals surface area contributed by atoms with E-state index in [1.54, 1.807) is 23.1 Å². The highest BCUT2D eigenvalue weighted by atomic mass is 32.2. The Kier molecular flexibility index (Phi) is 9.76. The van der Waals surface area contributed by atoms with Gasteiger partial charge in [0.2, 0.25) is 0 Å². The van der Waals surface area contributed by atoms with E-state index in [-0.39, 0.29) is 0 Å². The summed E-state index contributed by atoms with van der Waals surface area (Å²) < 4.78 is 1.11. The van der Waals surface area contributed by atoms with E-state index in [0.29, 0.717) is 5.17 Å². The average Bonchev–Trinajstić information content (AvgIpc) is 3.13. The summed E-state index contributed by atoms with van der Waals surface area (Å²) in [6.07, 6.45) is 3.26. The van der Waals surface area contributed by atoms with Crippen molar-refractivity contribution in [2.45, 2.75) is 26.2 Å². The molecule has 0 atom stereocenters. The molecule has 0 saturated heterocycles. The smallest absolute Gasteiger partial charge is 0.183 e. The molecular formula is C21H29N5OS2. The molecule has 0 radical (unpaired) electrons. The monoisotopic (exact) mass is 431 g/mol. The fraction of sp³-hybridized carbons (Fsp3) is 0.333. The minimum absolute atomic E-state index is 0.634. The van der Waals surface area contributed by atoms with Crippen molar-refractivity contribution >= 4 is 55.0 Å². The number of thioether (sulfide) groups is 1. The Morgan fingerprint density at radius 1 is 1.21 bits per heavy atom. The van der Waals surface area contributed by atoms with E-state index in [1.807, 2.05) is 30.3 Å². The van der Waals surface area contributed by atoms with Crippen LogP contribution in [0.3, 0.4) is 0 Å². The minimum Gasteiger partial charge on any atom is -0.400 e. The molecule has 8 heteroatoms. The highest BCUT2D eigenvalue weighted by Crippen LogP contribution is 2.27. The van der Waals surface area contributed by atoms with Crippen LogP contribution in [0.4, 0.5) is 16.5 Å². The number of nitrogens with zero attached hydrogens (tertiary/aromatic N) is 2. The first-order valence-corrected chi connectivity index (χ1v) is 11.3. The van der Waals surface area contributed by atoms with Crippen LogP contribution in [0.25, 0.3) is 10.2 Å². The Morgan fingerprint density at radius 3 is 2.69 bits per heavy atom. The predicted octanol–water partition coefficient (Wildman–Crippen LogP) is 4.62. The number of rotatable bonds is 8. The summed E-state index contributed by atoms with van der Waals surface area (Å²) in [4.78, 5) is 9.03. The van der Waals surface area contributed by atoms with E-state index in [1.165, 1.54) is 12.0 Å². The Bertz CT molecular complexity index is 909. The first-order chi connectivity index (χ1) is 14.1. The number of fused-ring (bicyclic) bond motifs is 1. The number of aliphatic hydroxyl groups is 1. The number of aliphatic hydroxyl groups excluding tert-OH is 1. The largest absolute Gasteiger partial charge is 0.400 e. The van der Waals surface area contributed by atoms with Crippen molar-refractivity contribution in [1.29, 1.82) is 0 Å². The lowest BCUT2D eigenvalue weighted by Gasteiger charge is -2.04. The van der Waals surface area contributed by atoms with Gasteiger partial charge in [-0.25, -0.2) is 9.98 Å². The quantitative estimate of drug-likeness (QED) is 0.179. The molecule has 6 nitrogen and oxygen atoms in total. The number of amidine groups is 1.